The molecule has 41 heavy (non-hydrogen) atoms. The number of para-hydroxylation sites is 1. The molecule has 3 aromatic carbocycles. The number of piperazine rings is 1. The van der Waals surface area contributed by atoms with Gasteiger partial charge in [-0.05, 0) is 48.5 Å². The highest BCUT2D eigenvalue weighted by Crippen LogP contribution is 2.30. The Morgan fingerprint density at radius 2 is 1.76 bits per heavy atom. The minimum Gasteiger partial charge on any atom is -0.496 e. The van der Waals surface area contributed by atoms with Crippen LogP contribution in [-0.2, 0) is 6.54 Å². The highest BCUT2D eigenvalue weighted by molar-refractivity contribution is 6.30. The average molecular weight is 575 g/mol. The van der Waals surface area contributed by atoms with Crippen LogP contribution in [0.4, 0.5) is 0 Å². The molecule has 1 fully saturated rings. The van der Waals surface area contributed by atoms with Gasteiger partial charge >= 0.3 is 0 Å². The Kier molecular flexibility index (Phi) is 8.20. The van der Waals surface area contributed by atoms with Crippen LogP contribution in [0, 0.1) is 0 Å². The number of aromatic nitrogens is 2. The van der Waals surface area contributed by atoms with Gasteiger partial charge in [-0.3, -0.25) is 9.80 Å². The van der Waals surface area contributed by atoms with E-state index in [9.17, 15) is 5.11 Å². The minimum atomic E-state index is -0.614. The van der Waals surface area contributed by atoms with Gasteiger partial charge in [0.2, 0.25) is 5.89 Å². The number of fused-ring (bicyclic) bond motifs is 1. The Morgan fingerprint density at radius 3 is 2.56 bits per heavy atom. The SMILES string of the molecule is COc1ccccc1-c1cc(CN2CCN(C[C@H](O)COc3ccc4oc(-c5ccc(Cl)cc5)nc4c3)CC2)on1. The normalized spacial score (nSPS) is 15.3. The van der Waals surface area contributed by atoms with E-state index in [1.165, 1.54) is 0 Å². The molecule has 0 amide bonds. The molecule has 0 spiro atoms. The number of aliphatic hydroxyl groups is 1. The first kappa shape index (κ1) is 27.3. The lowest BCUT2D eigenvalue weighted by molar-refractivity contribution is 0.0430. The van der Waals surface area contributed by atoms with Crippen LogP contribution in [0.3, 0.4) is 0 Å². The maximum absolute atomic E-state index is 10.6. The van der Waals surface area contributed by atoms with Crippen LogP contribution < -0.4 is 9.47 Å². The summed E-state index contributed by atoms with van der Waals surface area (Å²) >= 11 is 5.98. The molecule has 0 aliphatic carbocycles. The minimum absolute atomic E-state index is 0.192. The lowest BCUT2D eigenvalue weighted by Gasteiger charge is -2.35. The van der Waals surface area contributed by atoms with Crippen molar-refractivity contribution >= 4 is 22.7 Å². The van der Waals surface area contributed by atoms with Crippen molar-refractivity contribution in [2.45, 2.75) is 12.6 Å². The van der Waals surface area contributed by atoms with Crippen LogP contribution in [0.5, 0.6) is 11.5 Å². The van der Waals surface area contributed by atoms with Gasteiger partial charge in [0, 0.05) is 61.0 Å². The standard InChI is InChI=1S/C31H31ClN4O5/c1-38-29-5-3-2-4-26(29)27-17-25(41-34-27)19-36-14-12-35(13-15-36)18-23(37)20-39-24-10-11-30-28(16-24)33-31(40-30)21-6-8-22(32)9-7-21/h2-11,16-17,23,37H,12-15,18-20H2,1H3/t23-/m0/s1. The average Bonchev–Trinajstić information content (AvgIpc) is 3.64. The summed E-state index contributed by atoms with van der Waals surface area (Å²) in [6.07, 6.45) is -0.614. The fourth-order valence-electron chi connectivity index (χ4n) is 4.98. The molecule has 1 N–H and O–H groups in total. The van der Waals surface area contributed by atoms with Gasteiger partial charge in [-0.2, -0.15) is 0 Å². The second-order valence-corrected chi connectivity index (χ2v) is 10.5. The number of ether oxygens (including phenoxy) is 2. The number of hydrogen-bond acceptors (Lipinski definition) is 9. The van der Waals surface area contributed by atoms with E-state index in [1.54, 1.807) is 19.2 Å². The number of nitrogens with zero attached hydrogens (tertiary/aromatic N) is 4. The maximum Gasteiger partial charge on any atom is 0.227 e. The lowest BCUT2D eigenvalue weighted by Crippen LogP contribution is -2.48. The van der Waals surface area contributed by atoms with Crippen molar-refractivity contribution in [1.29, 1.82) is 0 Å². The topological polar surface area (TPSA) is 97.2 Å². The molecule has 1 aliphatic rings. The molecule has 3 heterocycles. The monoisotopic (exact) mass is 574 g/mol. The van der Waals surface area contributed by atoms with E-state index in [2.05, 4.69) is 19.9 Å². The predicted molar refractivity (Wildman–Crippen MR) is 156 cm³/mol. The van der Waals surface area contributed by atoms with E-state index in [-0.39, 0.29) is 6.61 Å². The molecule has 9 nitrogen and oxygen atoms in total. The molecule has 5 aromatic rings. The summed E-state index contributed by atoms with van der Waals surface area (Å²) in [7, 11) is 1.65. The third-order valence-corrected chi connectivity index (χ3v) is 7.40. The van der Waals surface area contributed by atoms with Crippen LogP contribution >= 0.6 is 11.6 Å². The van der Waals surface area contributed by atoms with Gasteiger partial charge in [-0.1, -0.05) is 28.9 Å². The van der Waals surface area contributed by atoms with Crippen molar-refractivity contribution in [2.24, 2.45) is 0 Å². The van der Waals surface area contributed by atoms with Crippen molar-refractivity contribution in [3.8, 4) is 34.2 Å². The first-order valence-corrected chi connectivity index (χ1v) is 13.9. The Hall–Kier alpha value is -3.89. The zero-order valence-corrected chi connectivity index (χ0v) is 23.5. The molecule has 0 unspecified atom stereocenters. The van der Waals surface area contributed by atoms with E-state index < -0.39 is 6.10 Å². The highest BCUT2D eigenvalue weighted by Gasteiger charge is 2.21. The van der Waals surface area contributed by atoms with Gasteiger partial charge < -0.3 is 23.5 Å². The zero-order valence-electron chi connectivity index (χ0n) is 22.7. The molecule has 212 valence electrons. The number of oxazole rings is 1. The highest BCUT2D eigenvalue weighted by atomic mass is 35.5. The van der Waals surface area contributed by atoms with Crippen molar-refractivity contribution in [3.05, 3.63) is 83.6 Å². The molecule has 6 rings (SSSR count). The number of benzene rings is 3. The number of β-amino-alcohol motifs (C(OH)–C–C–N with tert-alkyl or cyclic N) is 1. The van der Waals surface area contributed by atoms with Crippen molar-refractivity contribution < 1.29 is 23.5 Å². The van der Waals surface area contributed by atoms with Crippen LogP contribution in [0.2, 0.25) is 5.02 Å². The number of aliphatic hydroxyl groups excluding tert-OH is 1. The summed E-state index contributed by atoms with van der Waals surface area (Å²) < 4.78 is 22.8. The Morgan fingerprint density at radius 1 is 0.976 bits per heavy atom. The fraction of sp³-hybridized carbons (Fsp3) is 0.290. The van der Waals surface area contributed by atoms with Gasteiger partial charge in [-0.15, -0.1) is 0 Å². The van der Waals surface area contributed by atoms with E-state index in [1.807, 2.05) is 60.7 Å². The van der Waals surface area contributed by atoms with E-state index in [0.29, 0.717) is 40.9 Å². The number of halogens is 1. The van der Waals surface area contributed by atoms with E-state index >= 15 is 0 Å². The largest absolute Gasteiger partial charge is 0.496 e. The molecule has 1 atom stereocenters. The molecule has 0 saturated carbocycles. The Labute approximate surface area is 242 Å². The van der Waals surface area contributed by atoms with Crippen LogP contribution in [0.1, 0.15) is 5.76 Å². The molecule has 0 bridgehead atoms. The summed E-state index contributed by atoms with van der Waals surface area (Å²) in [4.78, 5) is 9.16. The summed E-state index contributed by atoms with van der Waals surface area (Å²) in [5.41, 5.74) is 3.89. The molecule has 10 heteroatoms. The Balaban J connectivity index is 0.963. The Bertz CT molecular complexity index is 1590. The lowest BCUT2D eigenvalue weighted by atomic mass is 10.1. The summed E-state index contributed by atoms with van der Waals surface area (Å²) in [6.45, 7) is 4.87. The van der Waals surface area contributed by atoms with Gasteiger partial charge in [-0.25, -0.2) is 4.98 Å². The third kappa shape index (κ3) is 6.55. The molecule has 2 aromatic heterocycles. The van der Waals surface area contributed by atoms with E-state index in [0.717, 1.165) is 54.5 Å². The van der Waals surface area contributed by atoms with Gasteiger partial charge in [0.05, 0.1) is 13.7 Å². The van der Waals surface area contributed by atoms with Crippen molar-refractivity contribution in [3.63, 3.8) is 0 Å². The number of hydrogen-bond donors (Lipinski definition) is 1. The summed E-state index contributed by atoms with van der Waals surface area (Å²) in [5, 5.41) is 15.5. The zero-order chi connectivity index (χ0) is 28.2. The second kappa shape index (κ2) is 12.3. The third-order valence-electron chi connectivity index (χ3n) is 7.15. The first-order chi connectivity index (χ1) is 20.0. The predicted octanol–water partition coefficient (Wildman–Crippen LogP) is 5.37. The summed E-state index contributed by atoms with van der Waals surface area (Å²) in [5.74, 6) is 2.74. The van der Waals surface area contributed by atoms with Crippen LogP contribution in [0.25, 0.3) is 33.8 Å². The van der Waals surface area contributed by atoms with Crippen LogP contribution in [0.15, 0.2) is 81.7 Å². The molecular formula is C31H31ClN4O5. The number of methoxy groups -OCH3 is 1. The molecule has 1 aliphatic heterocycles. The van der Waals surface area contributed by atoms with Gasteiger partial charge in [0.1, 0.15) is 35.4 Å². The summed E-state index contributed by atoms with van der Waals surface area (Å²) in [6, 6.07) is 22.6. The first-order valence-electron chi connectivity index (χ1n) is 13.5. The van der Waals surface area contributed by atoms with Crippen molar-refractivity contribution in [2.75, 3.05) is 46.4 Å². The van der Waals surface area contributed by atoms with E-state index in [4.69, 9.17) is 30.0 Å². The second-order valence-electron chi connectivity index (χ2n) is 10.1. The van der Waals surface area contributed by atoms with Crippen LogP contribution in [-0.4, -0.2) is 77.6 Å². The van der Waals surface area contributed by atoms with Gasteiger partial charge in [0.15, 0.2) is 11.3 Å². The molecule has 1 saturated heterocycles. The maximum atomic E-state index is 10.6. The quantitative estimate of drug-likeness (QED) is 0.236. The molecule has 0 radical (unpaired) electrons. The fourth-order valence-corrected chi connectivity index (χ4v) is 5.10. The number of rotatable bonds is 10. The smallest absolute Gasteiger partial charge is 0.227 e. The van der Waals surface area contributed by atoms with Gasteiger partial charge in [0.25, 0.3) is 0 Å². The molecular weight excluding hydrogens is 544 g/mol. The van der Waals surface area contributed by atoms with Crippen molar-refractivity contribution in [1.82, 2.24) is 19.9 Å².